The number of aliphatic hydroxyl groups is 1. The maximum atomic E-state index is 12.1. The lowest BCUT2D eigenvalue weighted by atomic mass is 10.3. The van der Waals surface area contributed by atoms with E-state index in [4.69, 9.17) is 0 Å². The summed E-state index contributed by atoms with van der Waals surface area (Å²) >= 11 is 1.12. The van der Waals surface area contributed by atoms with Crippen LogP contribution in [-0.2, 0) is 0 Å². The quantitative estimate of drug-likeness (QED) is 0.842. The molecule has 0 amide bonds. The number of alkyl halides is 3. The van der Waals surface area contributed by atoms with Crippen LogP contribution in [-0.4, -0.2) is 37.9 Å². The van der Waals surface area contributed by atoms with Gasteiger partial charge >= 0.3 is 6.18 Å². The van der Waals surface area contributed by atoms with Gasteiger partial charge in [-0.05, 0) is 19.8 Å². The molecule has 1 saturated carbocycles. The fourth-order valence-electron chi connectivity index (χ4n) is 1.70. The van der Waals surface area contributed by atoms with Gasteiger partial charge < -0.3 is 9.67 Å². The fraction of sp³-hybridized carbons (Fsp3) is 0.800. The lowest BCUT2D eigenvalue weighted by Gasteiger charge is -2.12. The summed E-state index contributed by atoms with van der Waals surface area (Å²) < 4.78 is 38.1. The Morgan fingerprint density at radius 2 is 2.11 bits per heavy atom. The maximum Gasteiger partial charge on any atom is 0.391 e. The van der Waals surface area contributed by atoms with Gasteiger partial charge in [0.25, 0.3) is 0 Å². The Kier molecular flexibility index (Phi) is 3.86. The van der Waals surface area contributed by atoms with Crippen LogP contribution in [0.25, 0.3) is 0 Å². The number of hydrogen-bond acceptors (Lipinski definition) is 4. The predicted octanol–water partition coefficient (Wildman–Crippen LogP) is 2.33. The summed E-state index contributed by atoms with van der Waals surface area (Å²) in [5, 5.41) is 17.7. The van der Waals surface area contributed by atoms with Crippen molar-refractivity contribution in [2.24, 2.45) is 0 Å². The first-order chi connectivity index (χ1) is 8.37. The van der Waals surface area contributed by atoms with E-state index >= 15 is 0 Å². The first kappa shape index (κ1) is 13.7. The molecule has 0 saturated heterocycles. The number of aryl methyl sites for hydroxylation is 1. The number of aliphatic hydroxyl groups excluding tert-OH is 1. The predicted molar refractivity (Wildman–Crippen MR) is 60.4 cm³/mol. The number of rotatable bonds is 5. The Morgan fingerprint density at radius 3 is 2.67 bits per heavy atom. The van der Waals surface area contributed by atoms with Gasteiger partial charge in [0.15, 0.2) is 5.16 Å². The highest BCUT2D eigenvalue weighted by Gasteiger charge is 2.32. The second-order valence-corrected chi connectivity index (χ2v) is 5.40. The highest BCUT2D eigenvalue weighted by molar-refractivity contribution is 7.99. The number of halogens is 3. The molecule has 2 rings (SSSR count). The highest BCUT2D eigenvalue weighted by atomic mass is 32.2. The molecule has 0 bridgehead atoms. The Bertz CT molecular complexity index is 417. The molecule has 1 aromatic heterocycles. The van der Waals surface area contributed by atoms with Gasteiger partial charge in [0.05, 0.1) is 12.5 Å². The van der Waals surface area contributed by atoms with E-state index in [1.54, 1.807) is 0 Å². The molecule has 1 aromatic rings. The third-order valence-electron chi connectivity index (χ3n) is 2.62. The maximum absolute atomic E-state index is 12.1. The minimum absolute atomic E-state index is 0.0234. The Hall–Kier alpha value is -0.760. The van der Waals surface area contributed by atoms with Crippen LogP contribution in [0.1, 0.15) is 31.1 Å². The van der Waals surface area contributed by atoms with Crippen molar-refractivity contribution >= 4 is 11.8 Å². The third kappa shape index (κ3) is 3.61. The Morgan fingerprint density at radius 1 is 1.44 bits per heavy atom. The molecule has 0 unspecified atom stereocenters. The molecule has 1 atom stereocenters. The minimum Gasteiger partial charge on any atom is -0.392 e. The fourth-order valence-corrected chi connectivity index (χ4v) is 2.68. The largest absolute Gasteiger partial charge is 0.392 e. The summed E-state index contributed by atoms with van der Waals surface area (Å²) in [6.45, 7) is 1.82. The molecule has 1 N–H and O–H groups in total. The van der Waals surface area contributed by atoms with Crippen LogP contribution in [0.2, 0.25) is 0 Å². The van der Waals surface area contributed by atoms with Crippen LogP contribution in [0, 0.1) is 6.92 Å². The van der Waals surface area contributed by atoms with E-state index in [1.165, 1.54) is 0 Å². The molecule has 1 aliphatic carbocycles. The molecule has 0 aromatic carbocycles. The van der Waals surface area contributed by atoms with Gasteiger partial charge in [0, 0.05) is 11.8 Å². The first-order valence-electron chi connectivity index (χ1n) is 5.66. The summed E-state index contributed by atoms with van der Waals surface area (Å²) in [6, 6.07) is 0.377. The third-order valence-corrected chi connectivity index (χ3v) is 3.71. The van der Waals surface area contributed by atoms with Crippen molar-refractivity contribution in [3.63, 3.8) is 0 Å². The molecule has 102 valence electrons. The van der Waals surface area contributed by atoms with Gasteiger partial charge in [0.1, 0.15) is 5.82 Å². The monoisotopic (exact) mass is 281 g/mol. The normalized spacial score (nSPS) is 18.1. The van der Waals surface area contributed by atoms with E-state index in [0.717, 1.165) is 30.4 Å². The zero-order chi connectivity index (χ0) is 13.3. The second kappa shape index (κ2) is 5.08. The number of hydrogen-bond donors (Lipinski definition) is 1. The molecule has 0 spiro atoms. The lowest BCUT2D eigenvalue weighted by molar-refractivity contribution is -0.150. The minimum atomic E-state index is -4.33. The van der Waals surface area contributed by atoms with Crippen molar-refractivity contribution in [2.45, 2.75) is 49.7 Å². The molecule has 1 heterocycles. The van der Waals surface area contributed by atoms with Crippen LogP contribution >= 0.6 is 11.8 Å². The summed E-state index contributed by atoms with van der Waals surface area (Å²) in [5.41, 5.74) is 0. The Balaban J connectivity index is 1.90. The smallest absolute Gasteiger partial charge is 0.391 e. The highest BCUT2D eigenvalue weighted by Crippen LogP contribution is 2.38. The zero-order valence-corrected chi connectivity index (χ0v) is 10.6. The van der Waals surface area contributed by atoms with Crippen LogP contribution < -0.4 is 0 Å². The van der Waals surface area contributed by atoms with E-state index in [9.17, 15) is 18.3 Å². The molecule has 18 heavy (non-hydrogen) atoms. The number of nitrogens with zero attached hydrogens (tertiary/aromatic N) is 3. The summed E-state index contributed by atoms with van der Waals surface area (Å²) in [7, 11) is 0. The molecule has 0 aliphatic heterocycles. The summed E-state index contributed by atoms with van der Waals surface area (Å²) in [5.74, 6) is 0.745. The Labute approximate surface area is 107 Å². The molecule has 1 fully saturated rings. The molecule has 4 nitrogen and oxygen atoms in total. The van der Waals surface area contributed by atoms with Crippen LogP contribution in [0.4, 0.5) is 13.2 Å². The van der Waals surface area contributed by atoms with Gasteiger partial charge in [-0.2, -0.15) is 13.2 Å². The zero-order valence-electron chi connectivity index (χ0n) is 9.81. The average Bonchev–Trinajstić information content (AvgIpc) is 2.98. The van der Waals surface area contributed by atoms with Gasteiger partial charge in [0.2, 0.25) is 0 Å². The van der Waals surface area contributed by atoms with E-state index in [2.05, 4.69) is 10.2 Å². The SMILES string of the molecule is Cc1nnc(SC[C@@H](O)CC(F)(F)F)n1C1CC1. The summed E-state index contributed by atoms with van der Waals surface area (Å²) in [6.07, 6.45) is -4.81. The molecule has 0 radical (unpaired) electrons. The first-order valence-corrected chi connectivity index (χ1v) is 6.64. The second-order valence-electron chi connectivity index (χ2n) is 4.42. The van der Waals surface area contributed by atoms with Crippen LogP contribution in [0.3, 0.4) is 0 Å². The average molecular weight is 281 g/mol. The van der Waals surface area contributed by atoms with Crippen molar-refractivity contribution in [3.05, 3.63) is 5.82 Å². The van der Waals surface area contributed by atoms with Gasteiger partial charge in [-0.15, -0.1) is 10.2 Å². The van der Waals surface area contributed by atoms with Crippen molar-refractivity contribution < 1.29 is 18.3 Å². The van der Waals surface area contributed by atoms with E-state index in [-0.39, 0.29) is 5.75 Å². The molecule has 1 aliphatic rings. The topological polar surface area (TPSA) is 50.9 Å². The van der Waals surface area contributed by atoms with Gasteiger partial charge in [-0.1, -0.05) is 11.8 Å². The van der Waals surface area contributed by atoms with E-state index in [1.807, 2.05) is 11.5 Å². The van der Waals surface area contributed by atoms with E-state index < -0.39 is 18.7 Å². The van der Waals surface area contributed by atoms with Gasteiger partial charge in [-0.25, -0.2) is 0 Å². The van der Waals surface area contributed by atoms with Crippen LogP contribution in [0.15, 0.2) is 5.16 Å². The molecular formula is C10H14F3N3OS. The molecular weight excluding hydrogens is 267 g/mol. The lowest BCUT2D eigenvalue weighted by Crippen LogP contribution is -2.21. The van der Waals surface area contributed by atoms with Crippen molar-refractivity contribution in [1.82, 2.24) is 14.8 Å². The van der Waals surface area contributed by atoms with Crippen molar-refractivity contribution in [2.75, 3.05) is 5.75 Å². The standard InChI is InChI=1S/C10H14F3N3OS/c1-6-14-15-9(16(6)7-2-3-7)18-5-8(17)4-10(11,12)13/h7-8,17H,2-5H2,1H3/t8-/m0/s1. The number of thioether (sulfide) groups is 1. The molecule has 8 heteroatoms. The van der Waals surface area contributed by atoms with Gasteiger partial charge in [-0.3, -0.25) is 0 Å². The van der Waals surface area contributed by atoms with Crippen molar-refractivity contribution in [3.8, 4) is 0 Å². The van der Waals surface area contributed by atoms with Crippen LogP contribution in [0.5, 0.6) is 0 Å². The summed E-state index contributed by atoms with van der Waals surface area (Å²) in [4.78, 5) is 0. The van der Waals surface area contributed by atoms with Crippen molar-refractivity contribution in [1.29, 1.82) is 0 Å². The van der Waals surface area contributed by atoms with E-state index in [0.29, 0.717) is 11.2 Å². The number of aromatic nitrogens is 3.